The predicted molar refractivity (Wildman–Crippen MR) is 78.6 cm³/mol. The minimum absolute atomic E-state index is 0.0491. The van der Waals surface area contributed by atoms with Crippen LogP contribution in [-0.2, 0) is 16.2 Å². The van der Waals surface area contributed by atoms with Gasteiger partial charge in [0.1, 0.15) is 0 Å². The fourth-order valence-corrected chi connectivity index (χ4v) is 2.73. The first-order chi connectivity index (χ1) is 10.6. The van der Waals surface area contributed by atoms with Crippen LogP contribution in [0.2, 0.25) is 0 Å². The quantitative estimate of drug-likeness (QED) is 0.920. The summed E-state index contributed by atoms with van der Waals surface area (Å²) in [5.41, 5.74) is -0.993. The maximum absolute atomic E-state index is 12.7. The third-order valence-corrected chi connectivity index (χ3v) is 4.14. The summed E-state index contributed by atoms with van der Waals surface area (Å²) in [4.78, 5) is 8.96. The van der Waals surface area contributed by atoms with Gasteiger partial charge in [-0.1, -0.05) is 6.07 Å². The number of sulfonamides is 1. The molecule has 0 saturated carbocycles. The molecule has 0 aliphatic rings. The van der Waals surface area contributed by atoms with E-state index in [4.69, 9.17) is 0 Å². The molecule has 10 heteroatoms. The Morgan fingerprint density at radius 1 is 1.13 bits per heavy atom. The van der Waals surface area contributed by atoms with E-state index in [9.17, 15) is 21.6 Å². The molecular weight excluding hydrogens is 333 g/mol. The molecule has 2 rings (SSSR count). The molecular formula is C13H13F3N4O2S. The van der Waals surface area contributed by atoms with Gasteiger partial charge < -0.3 is 4.90 Å². The highest BCUT2D eigenvalue weighted by molar-refractivity contribution is 7.92. The number of alkyl halides is 3. The number of benzene rings is 1. The number of halogens is 3. The summed E-state index contributed by atoms with van der Waals surface area (Å²) < 4.78 is 64.4. The van der Waals surface area contributed by atoms with Gasteiger partial charge in [-0.2, -0.15) is 13.2 Å². The molecule has 0 saturated heterocycles. The van der Waals surface area contributed by atoms with E-state index < -0.39 is 26.7 Å². The van der Waals surface area contributed by atoms with E-state index in [0.29, 0.717) is 12.0 Å². The summed E-state index contributed by atoms with van der Waals surface area (Å²) in [6.07, 6.45) is -2.16. The number of nitrogens with zero attached hydrogens (tertiary/aromatic N) is 3. The molecule has 0 fully saturated rings. The third-order valence-electron chi connectivity index (χ3n) is 2.76. The average Bonchev–Trinajstić information content (AvgIpc) is 2.46. The van der Waals surface area contributed by atoms with Gasteiger partial charge in [0.05, 0.1) is 28.5 Å². The van der Waals surface area contributed by atoms with E-state index in [1.54, 1.807) is 19.0 Å². The first-order valence-corrected chi connectivity index (χ1v) is 7.77. The van der Waals surface area contributed by atoms with Crippen molar-refractivity contribution in [1.29, 1.82) is 0 Å². The lowest BCUT2D eigenvalue weighted by Gasteiger charge is -2.12. The maximum Gasteiger partial charge on any atom is 0.416 e. The highest BCUT2D eigenvalue weighted by Gasteiger charge is 2.31. The smallest absolute Gasteiger partial charge is 0.347 e. The zero-order valence-corrected chi connectivity index (χ0v) is 13.0. The normalized spacial score (nSPS) is 12.0. The summed E-state index contributed by atoms with van der Waals surface area (Å²) in [7, 11) is -0.753. The summed E-state index contributed by atoms with van der Waals surface area (Å²) >= 11 is 0. The third kappa shape index (κ3) is 4.09. The van der Waals surface area contributed by atoms with Gasteiger partial charge in [-0.3, -0.25) is 4.72 Å². The standard InChI is InChI=1S/C13H13F3N4O2S/c1-20(2)12-17-7-10(8-18-12)19-23(21,22)11-5-3-4-9(6-11)13(14,15)16/h3-8,19H,1-2H3. The van der Waals surface area contributed by atoms with Crippen LogP contribution in [0, 0.1) is 0 Å². The van der Waals surface area contributed by atoms with Crippen molar-refractivity contribution < 1.29 is 21.6 Å². The van der Waals surface area contributed by atoms with Crippen molar-refractivity contribution in [2.45, 2.75) is 11.1 Å². The van der Waals surface area contributed by atoms with E-state index in [0.717, 1.165) is 18.2 Å². The van der Waals surface area contributed by atoms with E-state index in [1.807, 2.05) is 0 Å². The second-order valence-electron chi connectivity index (χ2n) is 4.80. The molecule has 0 amide bonds. The van der Waals surface area contributed by atoms with Crippen molar-refractivity contribution in [3.8, 4) is 0 Å². The fraction of sp³-hybridized carbons (Fsp3) is 0.231. The number of hydrogen-bond donors (Lipinski definition) is 1. The van der Waals surface area contributed by atoms with Crippen molar-refractivity contribution in [1.82, 2.24) is 9.97 Å². The summed E-state index contributed by atoms with van der Waals surface area (Å²) in [6, 6.07) is 3.47. The van der Waals surface area contributed by atoms with Crippen LogP contribution < -0.4 is 9.62 Å². The molecule has 0 bridgehead atoms. The van der Waals surface area contributed by atoms with Crippen molar-refractivity contribution in [3.05, 3.63) is 42.2 Å². The van der Waals surface area contributed by atoms with Crippen molar-refractivity contribution in [2.75, 3.05) is 23.7 Å². The van der Waals surface area contributed by atoms with Crippen LogP contribution in [0.5, 0.6) is 0 Å². The van der Waals surface area contributed by atoms with E-state index in [2.05, 4.69) is 14.7 Å². The Kier molecular flexibility index (Phi) is 4.46. The molecule has 1 aromatic heterocycles. The monoisotopic (exact) mass is 346 g/mol. The van der Waals surface area contributed by atoms with Gasteiger partial charge in [-0.05, 0) is 18.2 Å². The molecule has 1 heterocycles. The zero-order valence-electron chi connectivity index (χ0n) is 12.2. The number of aromatic nitrogens is 2. The molecule has 1 N–H and O–H groups in total. The SMILES string of the molecule is CN(C)c1ncc(NS(=O)(=O)c2cccc(C(F)(F)F)c2)cn1. The molecule has 124 valence electrons. The number of nitrogens with one attached hydrogen (secondary N) is 1. The van der Waals surface area contributed by atoms with Gasteiger partial charge in [0.25, 0.3) is 10.0 Å². The highest BCUT2D eigenvalue weighted by Crippen LogP contribution is 2.30. The minimum Gasteiger partial charge on any atom is -0.347 e. The largest absolute Gasteiger partial charge is 0.416 e. The number of hydrogen-bond acceptors (Lipinski definition) is 5. The maximum atomic E-state index is 12.7. The molecule has 0 unspecified atom stereocenters. The molecule has 0 aliphatic heterocycles. The molecule has 0 atom stereocenters. The second kappa shape index (κ2) is 6.03. The average molecular weight is 346 g/mol. The Bertz CT molecular complexity index is 790. The van der Waals surface area contributed by atoms with Crippen LogP contribution in [0.15, 0.2) is 41.6 Å². The van der Waals surface area contributed by atoms with Gasteiger partial charge >= 0.3 is 6.18 Å². The molecule has 6 nitrogen and oxygen atoms in total. The first kappa shape index (κ1) is 17.0. The van der Waals surface area contributed by atoms with E-state index >= 15 is 0 Å². The van der Waals surface area contributed by atoms with Crippen molar-refractivity contribution in [2.24, 2.45) is 0 Å². The summed E-state index contributed by atoms with van der Waals surface area (Å²) in [5, 5.41) is 0. The van der Waals surface area contributed by atoms with Crippen molar-refractivity contribution in [3.63, 3.8) is 0 Å². The van der Waals surface area contributed by atoms with Crippen LogP contribution in [0.1, 0.15) is 5.56 Å². The zero-order chi connectivity index (χ0) is 17.3. The van der Waals surface area contributed by atoms with Crippen molar-refractivity contribution >= 4 is 21.7 Å². The Balaban J connectivity index is 2.28. The summed E-state index contributed by atoms with van der Waals surface area (Å²) in [5.74, 6) is 0.368. The van der Waals surface area contributed by atoms with Crippen LogP contribution in [-0.4, -0.2) is 32.5 Å². The Labute approximate surface area is 131 Å². The second-order valence-corrected chi connectivity index (χ2v) is 6.48. The van der Waals surface area contributed by atoms with E-state index in [1.165, 1.54) is 12.4 Å². The number of anilines is 2. The van der Waals surface area contributed by atoms with Gasteiger partial charge in [-0.15, -0.1) is 0 Å². The van der Waals surface area contributed by atoms with Gasteiger partial charge in [0.15, 0.2) is 0 Å². The molecule has 1 aromatic carbocycles. The lowest BCUT2D eigenvalue weighted by atomic mass is 10.2. The van der Waals surface area contributed by atoms with Crippen LogP contribution >= 0.6 is 0 Å². The molecule has 23 heavy (non-hydrogen) atoms. The van der Waals surface area contributed by atoms with Crippen LogP contribution in [0.4, 0.5) is 24.8 Å². The lowest BCUT2D eigenvalue weighted by Crippen LogP contribution is -2.16. The van der Waals surface area contributed by atoms with Crippen LogP contribution in [0.25, 0.3) is 0 Å². The first-order valence-electron chi connectivity index (χ1n) is 6.29. The Morgan fingerprint density at radius 2 is 1.74 bits per heavy atom. The molecule has 2 aromatic rings. The minimum atomic E-state index is -4.62. The molecule has 0 aliphatic carbocycles. The van der Waals surface area contributed by atoms with Crippen LogP contribution in [0.3, 0.4) is 0 Å². The predicted octanol–water partition coefficient (Wildman–Crippen LogP) is 2.36. The molecule has 0 radical (unpaired) electrons. The molecule has 0 spiro atoms. The lowest BCUT2D eigenvalue weighted by molar-refractivity contribution is -0.137. The van der Waals surface area contributed by atoms with Gasteiger partial charge in [-0.25, -0.2) is 18.4 Å². The number of rotatable bonds is 4. The Hall–Kier alpha value is -2.36. The highest BCUT2D eigenvalue weighted by atomic mass is 32.2. The Morgan fingerprint density at radius 3 is 2.26 bits per heavy atom. The topological polar surface area (TPSA) is 75.2 Å². The van der Waals surface area contributed by atoms with E-state index in [-0.39, 0.29) is 5.69 Å². The van der Waals surface area contributed by atoms with Gasteiger partial charge in [0, 0.05) is 14.1 Å². The summed E-state index contributed by atoms with van der Waals surface area (Å²) in [6.45, 7) is 0. The fourth-order valence-electron chi connectivity index (χ4n) is 1.66. The van der Waals surface area contributed by atoms with Gasteiger partial charge in [0.2, 0.25) is 5.95 Å².